The zero-order valence-electron chi connectivity index (χ0n) is 10.4. The molecule has 0 aromatic carbocycles. The lowest BCUT2D eigenvalue weighted by Crippen LogP contribution is -2.42. The summed E-state index contributed by atoms with van der Waals surface area (Å²) in [5.41, 5.74) is 5.62. The summed E-state index contributed by atoms with van der Waals surface area (Å²) in [6, 6.07) is 0.605. The Hall–Kier alpha value is -0.610. The van der Waals surface area contributed by atoms with Gasteiger partial charge in [-0.05, 0) is 39.3 Å². The zero-order valence-corrected chi connectivity index (χ0v) is 10.4. The molecule has 0 aromatic heterocycles. The van der Waals surface area contributed by atoms with Gasteiger partial charge in [-0.1, -0.05) is 6.42 Å². The normalized spacial score (nSPS) is 22.0. The quantitative estimate of drug-likeness (QED) is 0.703. The Labute approximate surface area is 98.6 Å². The molecule has 1 amide bonds. The molecule has 1 atom stereocenters. The van der Waals surface area contributed by atoms with Crippen LogP contribution in [0.25, 0.3) is 0 Å². The van der Waals surface area contributed by atoms with Crippen LogP contribution in [-0.4, -0.2) is 43.0 Å². The minimum Gasteiger partial charge on any atom is -0.356 e. The van der Waals surface area contributed by atoms with E-state index in [0.717, 1.165) is 32.6 Å². The van der Waals surface area contributed by atoms with E-state index in [0.29, 0.717) is 12.5 Å². The molecule has 0 radical (unpaired) electrons. The van der Waals surface area contributed by atoms with Crippen molar-refractivity contribution in [2.75, 3.05) is 26.2 Å². The van der Waals surface area contributed by atoms with E-state index >= 15 is 0 Å². The third kappa shape index (κ3) is 4.49. The molecule has 4 heteroatoms. The molecule has 16 heavy (non-hydrogen) atoms. The fraction of sp³-hybridized carbons (Fsp3) is 0.917. The summed E-state index contributed by atoms with van der Waals surface area (Å²) in [6.07, 6.45) is 5.50. The van der Waals surface area contributed by atoms with E-state index in [4.69, 9.17) is 5.73 Å². The summed E-state index contributed by atoms with van der Waals surface area (Å²) in [5.74, 6) is 0.166. The molecule has 0 aliphatic carbocycles. The maximum atomic E-state index is 11.4. The molecule has 3 N–H and O–H groups in total. The van der Waals surface area contributed by atoms with E-state index in [-0.39, 0.29) is 5.91 Å². The number of carbonyl (C=O) groups excluding carboxylic acids is 1. The van der Waals surface area contributed by atoms with Gasteiger partial charge in [0.25, 0.3) is 0 Å². The largest absolute Gasteiger partial charge is 0.356 e. The van der Waals surface area contributed by atoms with Crippen LogP contribution < -0.4 is 11.1 Å². The lowest BCUT2D eigenvalue weighted by Gasteiger charge is -2.35. The number of piperidine rings is 1. The molecular formula is C12H25N3O. The van der Waals surface area contributed by atoms with Crippen LogP contribution in [0.15, 0.2) is 0 Å². The van der Waals surface area contributed by atoms with Gasteiger partial charge in [0.2, 0.25) is 5.91 Å². The molecule has 1 unspecified atom stereocenters. The number of likely N-dealkylation sites (tertiary alicyclic amines) is 1. The van der Waals surface area contributed by atoms with Crippen molar-refractivity contribution in [3.63, 3.8) is 0 Å². The topological polar surface area (TPSA) is 58.4 Å². The lowest BCUT2D eigenvalue weighted by atomic mass is 9.99. The van der Waals surface area contributed by atoms with E-state index in [1.54, 1.807) is 0 Å². The molecule has 1 aliphatic heterocycles. The van der Waals surface area contributed by atoms with E-state index < -0.39 is 0 Å². The minimum absolute atomic E-state index is 0.166. The van der Waals surface area contributed by atoms with Crippen molar-refractivity contribution in [2.24, 2.45) is 5.73 Å². The first-order valence-corrected chi connectivity index (χ1v) is 6.48. The van der Waals surface area contributed by atoms with Crippen molar-refractivity contribution < 1.29 is 4.79 Å². The molecule has 1 heterocycles. The number of nitrogens with two attached hydrogens (primary N) is 1. The van der Waals surface area contributed by atoms with Crippen LogP contribution in [0, 0.1) is 0 Å². The number of carbonyl (C=O) groups is 1. The second-order valence-electron chi connectivity index (χ2n) is 4.47. The molecule has 1 aliphatic rings. The average Bonchev–Trinajstić information content (AvgIpc) is 2.29. The Balaban J connectivity index is 2.29. The van der Waals surface area contributed by atoms with E-state index in [1.165, 1.54) is 19.3 Å². The van der Waals surface area contributed by atoms with Gasteiger partial charge < -0.3 is 11.1 Å². The summed E-state index contributed by atoms with van der Waals surface area (Å²) in [5, 5.41) is 2.84. The molecule has 0 bridgehead atoms. The first-order chi connectivity index (χ1) is 7.77. The lowest BCUT2D eigenvalue weighted by molar-refractivity contribution is -0.121. The van der Waals surface area contributed by atoms with Gasteiger partial charge in [-0.25, -0.2) is 0 Å². The average molecular weight is 227 g/mol. The van der Waals surface area contributed by atoms with Crippen LogP contribution in [-0.2, 0) is 4.79 Å². The molecule has 0 saturated carbocycles. The number of nitrogens with zero attached hydrogens (tertiary/aromatic N) is 1. The predicted molar refractivity (Wildman–Crippen MR) is 66.2 cm³/mol. The number of amides is 1. The Morgan fingerprint density at radius 1 is 1.50 bits per heavy atom. The highest BCUT2D eigenvalue weighted by Crippen LogP contribution is 2.19. The fourth-order valence-electron chi connectivity index (χ4n) is 2.40. The van der Waals surface area contributed by atoms with Gasteiger partial charge in [0.15, 0.2) is 0 Å². The van der Waals surface area contributed by atoms with Gasteiger partial charge >= 0.3 is 0 Å². The first kappa shape index (κ1) is 13.5. The van der Waals surface area contributed by atoms with E-state index in [9.17, 15) is 4.79 Å². The molecule has 1 fully saturated rings. The summed E-state index contributed by atoms with van der Waals surface area (Å²) < 4.78 is 0. The SMILES string of the molecule is CCNC(=O)CCN1CCCCC1CCN. The standard InChI is InChI=1S/C12H25N3O/c1-2-14-12(16)7-10-15-9-4-3-5-11(15)6-8-13/h11H,2-10,13H2,1H3,(H,14,16). The molecule has 4 nitrogen and oxygen atoms in total. The van der Waals surface area contributed by atoms with Crippen LogP contribution in [0.2, 0.25) is 0 Å². The van der Waals surface area contributed by atoms with Gasteiger partial charge in [-0.2, -0.15) is 0 Å². The number of rotatable bonds is 6. The Morgan fingerprint density at radius 2 is 2.31 bits per heavy atom. The maximum absolute atomic E-state index is 11.4. The van der Waals surface area contributed by atoms with Crippen molar-refractivity contribution in [3.05, 3.63) is 0 Å². The molecule has 0 spiro atoms. The summed E-state index contributed by atoms with van der Waals surface area (Å²) >= 11 is 0. The Bertz CT molecular complexity index is 206. The Morgan fingerprint density at radius 3 is 3.00 bits per heavy atom. The van der Waals surface area contributed by atoms with Crippen molar-refractivity contribution >= 4 is 5.91 Å². The smallest absolute Gasteiger partial charge is 0.221 e. The van der Waals surface area contributed by atoms with Crippen molar-refractivity contribution in [3.8, 4) is 0 Å². The summed E-state index contributed by atoms with van der Waals surface area (Å²) in [4.78, 5) is 13.8. The second-order valence-corrected chi connectivity index (χ2v) is 4.47. The first-order valence-electron chi connectivity index (χ1n) is 6.48. The molecular weight excluding hydrogens is 202 g/mol. The van der Waals surface area contributed by atoms with Crippen LogP contribution >= 0.6 is 0 Å². The number of nitrogens with one attached hydrogen (secondary N) is 1. The molecule has 0 aromatic rings. The minimum atomic E-state index is 0.166. The highest BCUT2D eigenvalue weighted by atomic mass is 16.1. The van der Waals surface area contributed by atoms with Crippen LogP contribution in [0.3, 0.4) is 0 Å². The highest BCUT2D eigenvalue weighted by molar-refractivity contribution is 5.75. The third-order valence-electron chi connectivity index (χ3n) is 3.25. The highest BCUT2D eigenvalue weighted by Gasteiger charge is 2.21. The van der Waals surface area contributed by atoms with Crippen LogP contribution in [0.4, 0.5) is 0 Å². The number of hydrogen-bond acceptors (Lipinski definition) is 3. The van der Waals surface area contributed by atoms with Crippen molar-refractivity contribution in [1.82, 2.24) is 10.2 Å². The maximum Gasteiger partial charge on any atom is 0.221 e. The van der Waals surface area contributed by atoms with Gasteiger partial charge in [0, 0.05) is 25.6 Å². The van der Waals surface area contributed by atoms with Gasteiger partial charge in [0.1, 0.15) is 0 Å². The van der Waals surface area contributed by atoms with Crippen molar-refractivity contribution in [1.29, 1.82) is 0 Å². The number of hydrogen-bond donors (Lipinski definition) is 2. The zero-order chi connectivity index (χ0) is 11.8. The third-order valence-corrected chi connectivity index (χ3v) is 3.25. The monoisotopic (exact) mass is 227 g/mol. The van der Waals surface area contributed by atoms with Gasteiger partial charge in [-0.3, -0.25) is 9.69 Å². The molecule has 1 saturated heterocycles. The van der Waals surface area contributed by atoms with Crippen molar-refractivity contribution in [2.45, 2.75) is 45.1 Å². The fourth-order valence-corrected chi connectivity index (χ4v) is 2.40. The van der Waals surface area contributed by atoms with E-state index in [2.05, 4.69) is 10.2 Å². The molecule has 94 valence electrons. The van der Waals surface area contributed by atoms with Gasteiger partial charge in [-0.15, -0.1) is 0 Å². The van der Waals surface area contributed by atoms with Crippen LogP contribution in [0.1, 0.15) is 39.0 Å². The van der Waals surface area contributed by atoms with Gasteiger partial charge in [0.05, 0.1) is 0 Å². The summed E-state index contributed by atoms with van der Waals surface area (Å²) in [7, 11) is 0. The Kier molecular flexibility index (Phi) is 6.42. The summed E-state index contributed by atoms with van der Waals surface area (Å²) in [6.45, 7) is 5.45. The predicted octanol–water partition coefficient (Wildman–Crippen LogP) is 0.716. The molecule has 1 rings (SSSR count). The van der Waals surface area contributed by atoms with E-state index in [1.807, 2.05) is 6.92 Å². The van der Waals surface area contributed by atoms with Crippen LogP contribution in [0.5, 0.6) is 0 Å². The second kappa shape index (κ2) is 7.63.